The van der Waals surface area contributed by atoms with Crippen LogP contribution in [0.2, 0.25) is 5.02 Å². The second-order valence-electron chi connectivity index (χ2n) is 10.1. The molecule has 6 rings (SSSR count). The number of hydrogen-bond donors (Lipinski definition) is 3. The van der Waals surface area contributed by atoms with Crippen molar-refractivity contribution < 1.29 is 9.59 Å². The number of imide groups is 1. The molecule has 2 aliphatic heterocycles. The molecule has 3 N–H and O–H groups in total. The van der Waals surface area contributed by atoms with Crippen LogP contribution in [-0.4, -0.2) is 57.5 Å². The molecule has 9 nitrogen and oxygen atoms in total. The quantitative estimate of drug-likeness (QED) is 0.315. The molecule has 0 bridgehead atoms. The maximum Gasteiger partial charge on any atom is 0.254 e. The van der Waals surface area contributed by atoms with Crippen LogP contribution in [0.5, 0.6) is 0 Å². The van der Waals surface area contributed by atoms with Gasteiger partial charge < -0.3 is 15.5 Å². The van der Waals surface area contributed by atoms with E-state index in [9.17, 15) is 9.59 Å². The van der Waals surface area contributed by atoms with Crippen LogP contribution in [0, 0.1) is 5.41 Å². The number of halogens is 1. The zero-order valence-electron chi connectivity index (χ0n) is 19.9. The number of carbonyl (C=O) groups is 2. The Morgan fingerprint density at radius 3 is 2.72 bits per heavy atom. The average molecular weight is 506 g/mol. The van der Waals surface area contributed by atoms with Gasteiger partial charge in [-0.2, -0.15) is 9.61 Å². The van der Waals surface area contributed by atoms with Crippen LogP contribution in [0.15, 0.2) is 42.1 Å². The van der Waals surface area contributed by atoms with Crippen molar-refractivity contribution in [2.24, 2.45) is 5.41 Å². The van der Waals surface area contributed by atoms with Crippen molar-refractivity contribution in [2.75, 3.05) is 36.8 Å². The van der Waals surface area contributed by atoms with E-state index in [1.807, 2.05) is 30.3 Å². The van der Waals surface area contributed by atoms with Crippen LogP contribution in [0.4, 0.5) is 17.3 Å². The van der Waals surface area contributed by atoms with Crippen LogP contribution in [-0.2, 0) is 9.59 Å². The number of carbonyl (C=O) groups excluding carboxylic acids is 2. The largest absolute Gasteiger partial charge is 0.369 e. The predicted octanol–water partition coefficient (Wildman–Crippen LogP) is 3.84. The zero-order valence-corrected chi connectivity index (χ0v) is 20.6. The molecule has 2 amide bonds. The van der Waals surface area contributed by atoms with E-state index in [1.54, 1.807) is 16.8 Å². The molecule has 10 heteroatoms. The highest BCUT2D eigenvalue weighted by Crippen LogP contribution is 2.46. The molecular weight excluding hydrogens is 478 g/mol. The van der Waals surface area contributed by atoms with Crippen molar-refractivity contribution in [3.8, 4) is 0 Å². The van der Waals surface area contributed by atoms with Gasteiger partial charge in [0, 0.05) is 46.4 Å². The van der Waals surface area contributed by atoms with Crippen molar-refractivity contribution in [1.82, 2.24) is 24.8 Å². The summed E-state index contributed by atoms with van der Waals surface area (Å²) >= 11 is 6.18. The van der Waals surface area contributed by atoms with Crippen molar-refractivity contribution in [2.45, 2.75) is 32.1 Å². The summed E-state index contributed by atoms with van der Waals surface area (Å²) in [5.74, 6) is 0.773. The average Bonchev–Trinajstić information content (AvgIpc) is 3.12. The summed E-state index contributed by atoms with van der Waals surface area (Å²) < 4.78 is 1.76. The van der Waals surface area contributed by atoms with Crippen LogP contribution >= 0.6 is 11.6 Å². The minimum absolute atomic E-state index is 0.0563. The Morgan fingerprint density at radius 2 is 2.00 bits per heavy atom. The number of nitrogens with zero attached hydrogens (tertiary/aromatic N) is 4. The van der Waals surface area contributed by atoms with Crippen molar-refractivity contribution in [1.29, 1.82) is 0 Å². The van der Waals surface area contributed by atoms with Crippen LogP contribution < -0.4 is 16.0 Å². The molecule has 1 aliphatic carbocycles. The molecule has 1 aromatic carbocycles. The number of nitrogens with one attached hydrogen (secondary N) is 3. The topological polar surface area (TPSA) is 104 Å². The van der Waals surface area contributed by atoms with E-state index < -0.39 is 0 Å². The number of benzene rings is 1. The molecule has 0 radical (unpaired) electrons. The molecule has 2 aromatic heterocycles. The summed E-state index contributed by atoms with van der Waals surface area (Å²) in [5.41, 5.74) is 2.78. The number of anilines is 3. The highest BCUT2D eigenvalue weighted by molar-refractivity contribution is 6.30. The first-order valence-electron chi connectivity index (χ1n) is 12.4. The molecule has 3 aliphatic rings. The van der Waals surface area contributed by atoms with Gasteiger partial charge in [0.05, 0.1) is 12.6 Å². The Kier molecular flexibility index (Phi) is 5.89. The molecular formula is C26H28ClN7O2. The fourth-order valence-corrected chi connectivity index (χ4v) is 5.25. The Labute approximate surface area is 213 Å². The summed E-state index contributed by atoms with van der Waals surface area (Å²) in [6.07, 6.45) is 8.45. The molecule has 3 aromatic rings. The Balaban J connectivity index is 1.32. The lowest BCUT2D eigenvalue weighted by atomic mass is 10.1. The highest BCUT2D eigenvalue weighted by atomic mass is 35.5. The monoisotopic (exact) mass is 505 g/mol. The van der Waals surface area contributed by atoms with Gasteiger partial charge in [0.1, 0.15) is 11.6 Å². The third-order valence-corrected chi connectivity index (χ3v) is 7.42. The Hall–Kier alpha value is -3.43. The van der Waals surface area contributed by atoms with Crippen LogP contribution in [0.1, 0.15) is 37.7 Å². The predicted molar refractivity (Wildman–Crippen MR) is 139 cm³/mol. The van der Waals surface area contributed by atoms with Crippen LogP contribution in [0.25, 0.3) is 11.7 Å². The second kappa shape index (κ2) is 9.22. The first kappa shape index (κ1) is 23.0. The van der Waals surface area contributed by atoms with E-state index in [0.717, 1.165) is 24.6 Å². The summed E-state index contributed by atoms with van der Waals surface area (Å²) in [5, 5.41) is 14.5. The number of likely N-dealkylation sites (tertiary alicyclic amines) is 1. The normalized spacial score (nSPS) is 20.3. The lowest BCUT2D eigenvalue weighted by Crippen LogP contribution is -2.32. The summed E-state index contributed by atoms with van der Waals surface area (Å²) in [6, 6.07) is 9.40. The summed E-state index contributed by atoms with van der Waals surface area (Å²) in [7, 11) is 0. The minimum atomic E-state index is -0.372. The van der Waals surface area contributed by atoms with Gasteiger partial charge in [0.25, 0.3) is 5.91 Å². The molecule has 1 saturated carbocycles. The van der Waals surface area contributed by atoms with E-state index in [-0.39, 0.29) is 18.2 Å². The van der Waals surface area contributed by atoms with E-state index >= 15 is 0 Å². The standard InChI is InChI=1S/C26H28ClN7O2/c27-19-4-3-5-20(12-19)30-21-13-22(28-15-26(6-7-26)16-33-8-1-2-9-33)34-24(31-21)18(14-29-34)10-17-11-23(35)32-25(17)36/h3-5,10,12-14,28H,1-2,6-9,11,15-16H2,(H,30,31)(H,32,35,36)/b17-10+. The molecule has 3 fully saturated rings. The van der Waals surface area contributed by atoms with Gasteiger partial charge in [-0.05, 0) is 63.0 Å². The number of aromatic nitrogens is 3. The van der Waals surface area contributed by atoms with Gasteiger partial charge in [0.15, 0.2) is 5.65 Å². The third-order valence-electron chi connectivity index (χ3n) is 7.18. The smallest absolute Gasteiger partial charge is 0.254 e. The Bertz CT molecular complexity index is 1370. The first-order valence-corrected chi connectivity index (χ1v) is 12.8. The first-order chi connectivity index (χ1) is 17.5. The fourth-order valence-electron chi connectivity index (χ4n) is 5.06. The van der Waals surface area contributed by atoms with Crippen molar-refractivity contribution in [3.63, 3.8) is 0 Å². The minimum Gasteiger partial charge on any atom is -0.369 e. The van der Waals surface area contributed by atoms with E-state index in [4.69, 9.17) is 16.6 Å². The third kappa shape index (κ3) is 4.81. The van der Waals surface area contributed by atoms with Gasteiger partial charge in [-0.15, -0.1) is 0 Å². The number of fused-ring (bicyclic) bond motifs is 1. The molecule has 0 spiro atoms. The number of amides is 2. The maximum atomic E-state index is 12.1. The molecule has 186 valence electrons. The summed E-state index contributed by atoms with van der Waals surface area (Å²) in [6.45, 7) is 4.37. The lowest BCUT2D eigenvalue weighted by Gasteiger charge is -2.24. The lowest BCUT2D eigenvalue weighted by molar-refractivity contribution is -0.124. The molecule has 0 unspecified atom stereocenters. The van der Waals surface area contributed by atoms with Gasteiger partial charge >= 0.3 is 0 Å². The summed E-state index contributed by atoms with van der Waals surface area (Å²) in [4.78, 5) is 31.2. The molecule has 4 heterocycles. The van der Waals surface area contributed by atoms with E-state index in [1.165, 1.54) is 38.8 Å². The zero-order chi connectivity index (χ0) is 24.7. The number of hydrogen-bond acceptors (Lipinski definition) is 7. The van der Waals surface area contributed by atoms with E-state index in [0.29, 0.717) is 33.0 Å². The van der Waals surface area contributed by atoms with Crippen LogP contribution in [0.3, 0.4) is 0 Å². The molecule has 36 heavy (non-hydrogen) atoms. The van der Waals surface area contributed by atoms with Crippen molar-refractivity contribution in [3.05, 3.63) is 52.7 Å². The number of rotatable bonds is 8. The van der Waals surface area contributed by atoms with Crippen molar-refractivity contribution >= 4 is 52.5 Å². The second-order valence-corrected chi connectivity index (χ2v) is 10.5. The van der Waals surface area contributed by atoms with Gasteiger partial charge in [-0.1, -0.05) is 17.7 Å². The SMILES string of the molecule is O=C1C/C(=C\c2cnn3c(NCC4(CN5CCCC5)CC4)cc(Nc4cccc(Cl)c4)nc23)C(=O)N1. The van der Waals surface area contributed by atoms with Gasteiger partial charge in [-0.3, -0.25) is 14.9 Å². The van der Waals surface area contributed by atoms with E-state index in [2.05, 4.69) is 25.9 Å². The van der Waals surface area contributed by atoms with Gasteiger partial charge in [0.2, 0.25) is 5.91 Å². The molecule has 0 atom stereocenters. The fraction of sp³-hybridized carbons (Fsp3) is 0.385. The maximum absolute atomic E-state index is 12.1. The Morgan fingerprint density at radius 1 is 1.17 bits per heavy atom. The van der Waals surface area contributed by atoms with Gasteiger partial charge in [-0.25, -0.2) is 4.98 Å². The highest BCUT2D eigenvalue weighted by Gasteiger charge is 2.44. The molecule has 2 saturated heterocycles.